The van der Waals surface area contributed by atoms with Gasteiger partial charge in [-0.15, -0.1) is 0 Å². The van der Waals surface area contributed by atoms with Gasteiger partial charge >= 0.3 is 0 Å². The fraction of sp³-hybridized carbons (Fsp3) is 0.607. The number of methoxy groups -OCH3 is 1. The number of aliphatic hydroxyl groups is 1. The smallest absolute Gasteiger partial charge is 0.222 e. The van der Waals surface area contributed by atoms with Gasteiger partial charge in [0, 0.05) is 51.4 Å². The molecule has 3 aliphatic rings. The summed E-state index contributed by atoms with van der Waals surface area (Å²) in [7, 11) is 1.72. The van der Waals surface area contributed by atoms with Gasteiger partial charge in [0.05, 0.1) is 26.0 Å². The number of rotatable bonds is 10. The molecule has 1 spiro atoms. The predicted molar refractivity (Wildman–Crippen MR) is 148 cm³/mol. The topological polar surface area (TPSA) is 118 Å². The lowest BCUT2D eigenvalue weighted by molar-refractivity contribution is 0.0780. The highest BCUT2D eigenvalue weighted by atomic mass is 16.5. The number of fused-ring (bicyclic) bond motifs is 1. The van der Waals surface area contributed by atoms with Gasteiger partial charge in [-0.25, -0.2) is 4.98 Å². The van der Waals surface area contributed by atoms with E-state index in [4.69, 9.17) is 10.5 Å². The van der Waals surface area contributed by atoms with Crippen molar-refractivity contribution in [3.8, 4) is 5.75 Å². The van der Waals surface area contributed by atoms with Crippen LogP contribution in [0.4, 0.5) is 11.8 Å². The Morgan fingerprint density at radius 1 is 1.13 bits per heavy atom. The van der Waals surface area contributed by atoms with Crippen LogP contribution in [0.1, 0.15) is 43.7 Å². The van der Waals surface area contributed by atoms with Gasteiger partial charge in [-0.1, -0.05) is 12.1 Å². The van der Waals surface area contributed by atoms with Crippen LogP contribution in [0.5, 0.6) is 5.75 Å². The standard InChI is InChI=1S/C28H40N8O2/c1-19(37)16-34-7-9-35(10-8-34)17-20-3-4-22(24(11-20)38-2)18-36-25-23(15-31-36)32-27(29)33-26(25)30-14-21-12-28(13-21)5-6-28/h3-4,11,15,19,21,37H,5-10,12-14,16-18H2,1-2H3,(H3,29,30,32,33)/t19-/m0/s1. The number of nitrogens with two attached hydrogens (primary N) is 1. The summed E-state index contributed by atoms with van der Waals surface area (Å²) in [6.45, 7) is 8.90. The van der Waals surface area contributed by atoms with Crippen molar-refractivity contribution >= 4 is 22.8 Å². The highest BCUT2D eigenvalue weighted by Gasteiger charge is 2.52. The second-order valence-electron chi connectivity index (χ2n) is 11.7. The molecule has 1 atom stereocenters. The highest BCUT2D eigenvalue weighted by Crippen LogP contribution is 2.63. The van der Waals surface area contributed by atoms with Crippen molar-refractivity contribution < 1.29 is 9.84 Å². The number of benzene rings is 1. The number of nitrogens with zero attached hydrogens (tertiary/aromatic N) is 6. The van der Waals surface area contributed by atoms with Crippen LogP contribution in [-0.4, -0.2) is 87.1 Å². The van der Waals surface area contributed by atoms with Gasteiger partial charge in [0.2, 0.25) is 5.95 Å². The molecule has 0 radical (unpaired) electrons. The van der Waals surface area contributed by atoms with Crippen molar-refractivity contribution in [2.24, 2.45) is 11.3 Å². The SMILES string of the molecule is COc1cc(CN2CCN(C[C@H](C)O)CC2)ccc1Cn1ncc2nc(N)nc(NCC3CC4(CC4)C3)c21. The Hall–Kier alpha value is -2.95. The van der Waals surface area contributed by atoms with Crippen LogP contribution in [0.15, 0.2) is 24.4 Å². The first-order valence-electron chi connectivity index (χ1n) is 13.9. The van der Waals surface area contributed by atoms with E-state index in [2.05, 4.69) is 48.4 Å². The van der Waals surface area contributed by atoms with Crippen LogP contribution < -0.4 is 15.8 Å². The molecule has 3 fully saturated rings. The van der Waals surface area contributed by atoms with Gasteiger partial charge in [-0.05, 0) is 55.6 Å². The zero-order valence-electron chi connectivity index (χ0n) is 22.6. The number of nitrogen functional groups attached to an aromatic ring is 1. The Kier molecular flexibility index (Phi) is 6.88. The van der Waals surface area contributed by atoms with E-state index in [0.29, 0.717) is 17.9 Å². The molecule has 38 heavy (non-hydrogen) atoms. The molecule has 1 aromatic carbocycles. The number of anilines is 2. The second-order valence-corrected chi connectivity index (χ2v) is 11.7. The van der Waals surface area contributed by atoms with Crippen molar-refractivity contribution in [1.29, 1.82) is 0 Å². The first-order valence-corrected chi connectivity index (χ1v) is 13.9. The minimum atomic E-state index is -0.279. The molecule has 3 heterocycles. The fourth-order valence-corrected chi connectivity index (χ4v) is 6.34. The van der Waals surface area contributed by atoms with E-state index in [9.17, 15) is 5.11 Å². The van der Waals surface area contributed by atoms with Crippen LogP contribution in [0, 0.1) is 11.3 Å². The Balaban J connectivity index is 1.14. The van der Waals surface area contributed by atoms with Gasteiger partial charge in [0.25, 0.3) is 0 Å². The molecular weight excluding hydrogens is 480 g/mol. The molecule has 1 saturated heterocycles. The summed E-state index contributed by atoms with van der Waals surface area (Å²) in [5.41, 5.74) is 10.6. The maximum Gasteiger partial charge on any atom is 0.222 e. The third kappa shape index (κ3) is 5.43. The summed E-state index contributed by atoms with van der Waals surface area (Å²) in [4.78, 5) is 13.8. The fourth-order valence-electron chi connectivity index (χ4n) is 6.34. The number of piperazine rings is 1. The molecule has 0 amide bonds. The number of aliphatic hydroxyl groups excluding tert-OH is 1. The third-order valence-corrected chi connectivity index (χ3v) is 8.53. The zero-order valence-corrected chi connectivity index (χ0v) is 22.6. The van der Waals surface area contributed by atoms with Crippen LogP contribution in [-0.2, 0) is 13.1 Å². The van der Waals surface area contributed by atoms with Crippen molar-refractivity contribution in [3.05, 3.63) is 35.5 Å². The molecule has 3 aromatic rings. The maximum absolute atomic E-state index is 9.66. The van der Waals surface area contributed by atoms with Gasteiger partial charge in [0.15, 0.2) is 5.82 Å². The minimum Gasteiger partial charge on any atom is -0.496 e. The molecule has 2 saturated carbocycles. The average Bonchev–Trinajstić information content (AvgIpc) is 3.58. The Morgan fingerprint density at radius 3 is 2.61 bits per heavy atom. The van der Waals surface area contributed by atoms with Crippen molar-refractivity contribution in [3.63, 3.8) is 0 Å². The van der Waals surface area contributed by atoms with E-state index in [1.807, 2.05) is 11.6 Å². The van der Waals surface area contributed by atoms with Crippen molar-refractivity contribution in [1.82, 2.24) is 29.5 Å². The first-order chi connectivity index (χ1) is 18.4. The quantitative estimate of drug-likeness (QED) is 0.371. The Labute approximate surface area is 224 Å². The molecule has 0 bridgehead atoms. The Bertz CT molecular complexity index is 1270. The summed E-state index contributed by atoms with van der Waals surface area (Å²) < 4.78 is 7.75. The summed E-state index contributed by atoms with van der Waals surface area (Å²) >= 11 is 0. The van der Waals surface area contributed by atoms with E-state index < -0.39 is 0 Å². The van der Waals surface area contributed by atoms with E-state index in [1.165, 1.54) is 31.2 Å². The number of β-amino-alcohol motifs (C(OH)–C–C–N with tert-alkyl or cyclic N) is 1. The molecule has 6 rings (SSSR count). The second kappa shape index (κ2) is 10.3. The summed E-state index contributed by atoms with van der Waals surface area (Å²) in [6.07, 6.45) is 6.94. The normalized spacial score (nSPS) is 20.5. The third-order valence-electron chi connectivity index (χ3n) is 8.53. The zero-order chi connectivity index (χ0) is 26.3. The number of hydrogen-bond acceptors (Lipinski definition) is 9. The first kappa shape index (κ1) is 25.3. The van der Waals surface area contributed by atoms with Crippen molar-refractivity contribution in [2.75, 3.05) is 57.4 Å². The lowest BCUT2D eigenvalue weighted by atomic mass is 9.72. The molecule has 10 heteroatoms. The molecule has 0 unspecified atom stereocenters. The lowest BCUT2D eigenvalue weighted by Gasteiger charge is -2.36. The maximum atomic E-state index is 9.66. The summed E-state index contributed by atoms with van der Waals surface area (Å²) in [6, 6.07) is 6.46. The van der Waals surface area contributed by atoms with E-state index >= 15 is 0 Å². The molecule has 2 aromatic heterocycles. The van der Waals surface area contributed by atoms with Crippen LogP contribution in [0.2, 0.25) is 0 Å². The van der Waals surface area contributed by atoms with E-state index in [-0.39, 0.29) is 12.1 Å². The molecular formula is C28H40N8O2. The van der Waals surface area contributed by atoms with Gasteiger partial charge < -0.3 is 20.9 Å². The number of hydrogen-bond donors (Lipinski definition) is 3. The van der Waals surface area contributed by atoms with E-state index in [1.54, 1.807) is 13.3 Å². The van der Waals surface area contributed by atoms with Gasteiger partial charge in [-0.3, -0.25) is 14.5 Å². The monoisotopic (exact) mass is 520 g/mol. The van der Waals surface area contributed by atoms with Gasteiger partial charge in [0.1, 0.15) is 16.8 Å². The largest absolute Gasteiger partial charge is 0.496 e. The summed E-state index contributed by atoms with van der Waals surface area (Å²) in [5.74, 6) is 2.58. The highest BCUT2D eigenvalue weighted by molar-refractivity contribution is 5.86. The number of nitrogens with one attached hydrogen (secondary N) is 1. The Morgan fingerprint density at radius 2 is 1.89 bits per heavy atom. The minimum absolute atomic E-state index is 0.264. The summed E-state index contributed by atoms with van der Waals surface area (Å²) in [5, 5.41) is 17.9. The number of aromatic nitrogens is 4. The van der Waals surface area contributed by atoms with Crippen LogP contribution in [0.25, 0.3) is 11.0 Å². The molecule has 204 valence electrons. The average molecular weight is 521 g/mol. The predicted octanol–water partition coefficient (Wildman–Crippen LogP) is 2.57. The lowest BCUT2D eigenvalue weighted by Crippen LogP contribution is -2.47. The van der Waals surface area contributed by atoms with Gasteiger partial charge in [-0.2, -0.15) is 10.1 Å². The van der Waals surface area contributed by atoms with Crippen molar-refractivity contribution in [2.45, 2.75) is 51.8 Å². The van der Waals surface area contributed by atoms with Crippen LogP contribution in [0.3, 0.4) is 0 Å². The number of ether oxygens (including phenoxy) is 1. The molecule has 2 aliphatic carbocycles. The van der Waals surface area contributed by atoms with E-state index in [0.717, 1.165) is 74.0 Å². The molecule has 10 nitrogen and oxygen atoms in total. The van der Waals surface area contributed by atoms with Crippen LogP contribution >= 0.6 is 0 Å². The molecule has 4 N–H and O–H groups in total. The molecule has 1 aliphatic heterocycles.